The van der Waals surface area contributed by atoms with Crippen molar-refractivity contribution in [3.8, 4) is 11.3 Å². The molecule has 21 heavy (non-hydrogen) atoms. The maximum atomic E-state index is 11.9. The number of amides is 1. The van der Waals surface area contributed by atoms with E-state index in [1.807, 2.05) is 12.1 Å². The second-order valence-corrected chi connectivity index (χ2v) is 5.25. The Bertz CT molecular complexity index is 609. The van der Waals surface area contributed by atoms with Crippen LogP contribution in [-0.4, -0.2) is 30.7 Å². The summed E-state index contributed by atoms with van der Waals surface area (Å²) in [5.74, 6) is 0.861. The van der Waals surface area contributed by atoms with Crippen LogP contribution in [0.2, 0.25) is 5.02 Å². The van der Waals surface area contributed by atoms with E-state index in [4.69, 9.17) is 16.1 Å². The quantitative estimate of drug-likeness (QED) is 0.904. The zero-order valence-electron chi connectivity index (χ0n) is 11.1. The molecule has 5 nitrogen and oxygen atoms in total. The SMILES string of the molecule is Cl.O=C(NCC1CNC1)c1cc(-c2ccc(Cl)cc2)on1. The minimum atomic E-state index is -0.208. The molecule has 0 radical (unpaired) electrons. The summed E-state index contributed by atoms with van der Waals surface area (Å²) in [5.41, 5.74) is 1.13. The summed E-state index contributed by atoms with van der Waals surface area (Å²) in [5, 5.41) is 10.5. The minimum absolute atomic E-state index is 0. The van der Waals surface area contributed by atoms with Crippen molar-refractivity contribution in [3.63, 3.8) is 0 Å². The van der Waals surface area contributed by atoms with Crippen LogP contribution in [0, 0.1) is 5.92 Å². The maximum absolute atomic E-state index is 11.9. The zero-order valence-corrected chi connectivity index (χ0v) is 12.7. The van der Waals surface area contributed by atoms with Crippen molar-refractivity contribution >= 4 is 29.9 Å². The summed E-state index contributed by atoms with van der Waals surface area (Å²) < 4.78 is 5.19. The van der Waals surface area contributed by atoms with Gasteiger partial charge in [-0.3, -0.25) is 4.79 Å². The molecule has 1 aliphatic heterocycles. The Balaban J connectivity index is 0.00000161. The van der Waals surface area contributed by atoms with Crippen LogP contribution in [0.5, 0.6) is 0 Å². The lowest BCUT2D eigenvalue weighted by atomic mass is 10.0. The number of halogens is 2. The van der Waals surface area contributed by atoms with Crippen LogP contribution in [0.15, 0.2) is 34.9 Å². The predicted octanol–water partition coefficient (Wildman–Crippen LogP) is 2.37. The first kappa shape index (κ1) is 15.8. The Morgan fingerprint density at radius 1 is 1.38 bits per heavy atom. The van der Waals surface area contributed by atoms with E-state index < -0.39 is 0 Å². The van der Waals surface area contributed by atoms with Gasteiger partial charge in [0.2, 0.25) is 0 Å². The van der Waals surface area contributed by atoms with Crippen molar-refractivity contribution in [2.24, 2.45) is 5.92 Å². The standard InChI is InChI=1S/C14H14ClN3O2.ClH/c15-11-3-1-10(2-4-11)13-5-12(18-20-13)14(19)17-8-9-6-16-7-9;/h1-5,9,16H,6-8H2,(H,17,19);1H. The van der Waals surface area contributed by atoms with Crippen LogP contribution in [0.25, 0.3) is 11.3 Å². The van der Waals surface area contributed by atoms with Gasteiger partial charge >= 0.3 is 0 Å². The lowest BCUT2D eigenvalue weighted by Gasteiger charge is -2.26. The molecule has 2 N–H and O–H groups in total. The van der Waals surface area contributed by atoms with Crippen LogP contribution in [-0.2, 0) is 0 Å². The molecule has 0 bridgehead atoms. The van der Waals surface area contributed by atoms with Gasteiger partial charge in [0, 0.05) is 42.2 Å². The zero-order chi connectivity index (χ0) is 13.9. The molecule has 0 saturated carbocycles. The average Bonchev–Trinajstić information content (AvgIpc) is 2.87. The third-order valence-electron chi connectivity index (χ3n) is 3.29. The fourth-order valence-corrected chi connectivity index (χ4v) is 2.08. The highest BCUT2D eigenvalue weighted by Gasteiger charge is 2.19. The first-order valence-corrected chi connectivity index (χ1v) is 6.82. The van der Waals surface area contributed by atoms with Gasteiger partial charge in [0.05, 0.1) is 0 Å². The third-order valence-corrected chi connectivity index (χ3v) is 3.54. The van der Waals surface area contributed by atoms with E-state index in [2.05, 4.69) is 15.8 Å². The molecule has 0 unspecified atom stereocenters. The van der Waals surface area contributed by atoms with E-state index >= 15 is 0 Å². The number of carbonyl (C=O) groups is 1. The van der Waals surface area contributed by atoms with E-state index in [-0.39, 0.29) is 18.3 Å². The van der Waals surface area contributed by atoms with Crippen molar-refractivity contribution in [2.75, 3.05) is 19.6 Å². The van der Waals surface area contributed by atoms with Crippen LogP contribution < -0.4 is 10.6 Å². The Hall–Kier alpha value is -1.56. The van der Waals surface area contributed by atoms with Gasteiger partial charge in [-0.05, 0) is 24.3 Å². The van der Waals surface area contributed by atoms with E-state index in [9.17, 15) is 4.79 Å². The molecule has 0 aliphatic carbocycles. The lowest BCUT2D eigenvalue weighted by molar-refractivity contribution is 0.0933. The minimum Gasteiger partial charge on any atom is -0.355 e. The molecule has 1 amide bonds. The highest BCUT2D eigenvalue weighted by molar-refractivity contribution is 6.30. The normalized spacial score (nSPS) is 14.1. The Morgan fingerprint density at radius 2 is 2.10 bits per heavy atom. The molecule has 0 atom stereocenters. The molecular formula is C14H15Cl2N3O2. The van der Waals surface area contributed by atoms with Crippen LogP contribution in [0.3, 0.4) is 0 Å². The van der Waals surface area contributed by atoms with Crippen molar-refractivity contribution in [1.82, 2.24) is 15.8 Å². The van der Waals surface area contributed by atoms with E-state index in [1.165, 1.54) is 0 Å². The van der Waals surface area contributed by atoms with Gasteiger partial charge in [-0.25, -0.2) is 0 Å². The van der Waals surface area contributed by atoms with Crippen LogP contribution in [0.1, 0.15) is 10.5 Å². The largest absolute Gasteiger partial charge is 0.355 e. The number of nitrogens with zero attached hydrogens (tertiary/aromatic N) is 1. The van der Waals surface area contributed by atoms with Gasteiger partial charge in [0.1, 0.15) is 0 Å². The monoisotopic (exact) mass is 327 g/mol. The van der Waals surface area contributed by atoms with Gasteiger partial charge in [-0.2, -0.15) is 0 Å². The fourth-order valence-electron chi connectivity index (χ4n) is 1.95. The number of carbonyl (C=O) groups excluding carboxylic acids is 1. The highest BCUT2D eigenvalue weighted by atomic mass is 35.5. The number of nitrogens with one attached hydrogen (secondary N) is 2. The summed E-state index contributed by atoms with van der Waals surface area (Å²) in [6, 6.07) is 8.82. The van der Waals surface area contributed by atoms with Crippen LogP contribution in [0.4, 0.5) is 0 Å². The van der Waals surface area contributed by atoms with Crippen LogP contribution >= 0.6 is 24.0 Å². The molecule has 2 aromatic rings. The summed E-state index contributed by atoms with van der Waals surface area (Å²) >= 11 is 5.83. The molecule has 1 fully saturated rings. The summed E-state index contributed by atoms with van der Waals surface area (Å²) in [4.78, 5) is 11.9. The molecule has 1 saturated heterocycles. The van der Waals surface area contributed by atoms with E-state index in [0.29, 0.717) is 28.9 Å². The maximum Gasteiger partial charge on any atom is 0.273 e. The van der Waals surface area contributed by atoms with Gasteiger partial charge in [0.15, 0.2) is 11.5 Å². The summed E-state index contributed by atoms with van der Waals surface area (Å²) in [7, 11) is 0. The fraction of sp³-hybridized carbons (Fsp3) is 0.286. The molecule has 7 heteroatoms. The Kier molecular flexibility index (Phi) is 5.22. The third kappa shape index (κ3) is 3.75. The summed E-state index contributed by atoms with van der Waals surface area (Å²) in [6.07, 6.45) is 0. The van der Waals surface area contributed by atoms with Crippen molar-refractivity contribution < 1.29 is 9.32 Å². The molecular weight excluding hydrogens is 313 g/mol. The van der Waals surface area contributed by atoms with Gasteiger partial charge in [0.25, 0.3) is 5.91 Å². The molecule has 112 valence electrons. The lowest BCUT2D eigenvalue weighted by Crippen LogP contribution is -2.48. The van der Waals surface area contributed by atoms with Gasteiger partial charge < -0.3 is 15.2 Å². The molecule has 1 aromatic heterocycles. The molecule has 1 aromatic carbocycles. The Morgan fingerprint density at radius 3 is 2.71 bits per heavy atom. The number of aromatic nitrogens is 1. The molecule has 2 heterocycles. The second-order valence-electron chi connectivity index (χ2n) is 4.82. The number of hydrogen-bond donors (Lipinski definition) is 2. The van der Waals surface area contributed by atoms with E-state index in [1.54, 1.807) is 18.2 Å². The summed E-state index contributed by atoms with van der Waals surface area (Å²) in [6.45, 7) is 2.57. The molecule has 0 spiro atoms. The topological polar surface area (TPSA) is 67.2 Å². The second kappa shape index (κ2) is 6.93. The molecule has 3 rings (SSSR count). The van der Waals surface area contributed by atoms with Crippen molar-refractivity contribution in [1.29, 1.82) is 0 Å². The molecule has 1 aliphatic rings. The van der Waals surface area contributed by atoms with Gasteiger partial charge in [-0.1, -0.05) is 16.8 Å². The number of rotatable bonds is 4. The smallest absolute Gasteiger partial charge is 0.273 e. The highest BCUT2D eigenvalue weighted by Crippen LogP contribution is 2.22. The van der Waals surface area contributed by atoms with E-state index in [0.717, 1.165) is 18.7 Å². The number of benzene rings is 1. The first-order chi connectivity index (χ1) is 9.72. The van der Waals surface area contributed by atoms with Crippen molar-refractivity contribution in [3.05, 3.63) is 41.0 Å². The first-order valence-electron chi connectivity index (χ1n) is 6.44. The van der Waals surface area contributed by atoms with Crippen molar-refractivity contribution in [2.45, 2.75) is 0 Å². The number of hydrogen-bond acceptors (Lipinski definition) is 4. The average molecular weight is 328 g/mol. The predicted molar refractivity (Wildman–Crippen MR) is 82.9 cm³/mol. The van der Waals surface area contributed by atoms with Gasteiger partial charge in [-0.15, -0.1) is 12.4 Å². The Labute approximate surface area is 133 Å².